The van der Waals surface area contributed by atoms with Crippen LogP contribution < -0.4 is 0 Å². The molecule has 0 bridgehead atoms. The van der Waals surface area contributed by atoms with Crippen LogP contribution in [0, 0.1) is 19.8 Å². The zero-order valence-corrected chi connectivity index (χ0v) is 19.2. The van der Waals surface area contributed by atoms with E-state index in [1.165, 1.54) is 6.08 Å². The summed E-state index contributed by atoms with van der Waals surface area (Å²) in [4.78, 5) is 13.7. The first kappa shape index (κ1) is 21.9. The van der Waals surface area contributed by atoms with Crippen LogP contribution in [-0.2, 0) is 34.9 Å². The Balaban J connectivity index is 1.79. The molecule has 2 aromatic carbocycles. The molecular formula is C23H24O6S2. The Hall–Kier alpha value is -2.29. The van der Waals surface area contributed by atoms with E-state index in [2.05, 4.69) is 0 Å². The molecule has 0 unspecified atom stereocenters. The minimum absolute atomic E-state index is 0.0724. The average Bonchev–Trinajstić information content (AvgIpc) is 3.26. The highest BCUT2D eigenvalue weighted by Crippen LogP contribution is 2.51. The second kappa shape index (κ2) is 8.00. The molecule has 6 nitrogen and oxygen atoms in total. The van der Waals surface area contributed by atoms with E-state index in [9.17, 15) is 17.4 Å². The summed E-state index contributed by atoms with van der Waals surface area (Å²) < 4.78 is 49.8. The minimum Gasteiger partial charge on any atom is -0.434 e. The van der Waals surface area contributed by atoms with Crippen molar-refractivity contribution < 1.29 is 26.9 Å². The van der Waals surface area contributed by atoms with Gasteiger partial charge in [0.1, 0.15) is 0 Å². The normalized spacial score (nSPS) is 26.3. The van der Waals surface area contributed by atoms with Crippen LogP contribution >= 0.6 is 0 Å². The van der Waals surface area contributed by atoms with E-state index in [4.69, 9.17) is 9.47 Å². The standard InChI is InChI=1S/C23H24O6S2/c1-4-28-21-20-13-19(31(26,27)18-11-7-16(3)8-12-18)14-23(20,22(24)29-21)30(25)17-9-5-15(2)6-10-17/h5-13,20-21H,4,14H2,1-3H3/t20-,21+,23+,30+/m1/s1. The van der Waals surface area contributed by atoms with Crippen molar-refractivity contribution in [1.29, 1.82) is 0 Å². The Morgan fingerprint density at radius 1 is 1.06 bits per heavy atom. The van der Waals surface area contributed by atoms with E-state index in [0.29, 0.717) is 4.90 Å². The van der Waals surface area contributed by atoms with Gasteiger partial charge in [0.05, 0.1) is 21.6 Å². The van der Waals surface area contributed by atoms with Crippen LogP contribution in [0.2, 0.25) is 0 Å². The predicted molar refractivity (Wildman–Crippen MR) is 116 cm³/mol. The number of benzene rings is 2. The molecule has 1 saturated heterocycles. The van der Waals surface area contributed by atoms with E-state index in [1.54, 1.807) is 43.3 Å². The molecule has 0 N–H and O–H groups in total. The lowest BCUT2D eigenvalue weighted by molar-refractivity contribution is -0.164. The summed E-state index contributed by atoms with van der Waals surface area (Å²) in [5, 5.41) is 0. The van der Waals surface area contributed by atoms with Gasteiger partial charge >= 0.3 is 5.97 Å². The second-order valence-electron chi connectivity index (χ2n) is 7.85. The van der Waals surface area contributed by atoms with Crippen LogP contribution in [0.4, 0.5) is 0 Å². The van der Waals surface area contributed by atoms with Crippen molar-refractivity contribution in [1.82, 2.24) is 0 Å². The number of cyclic esters (lactones) is 1. The van der Waals surface area contributed by atoms with Gasteiger partial charge in [0.15, 0.2) is 4.75 Å². The molecule has 31 heavy (non-hydrogen) atoms. The van der Waals surface area contributed by atoms with E-state index >= 15 is 0 Å². The first-order valence-electron chi connectivity index (χ1n) is 10.0. The quantitative estimate of drug-likeness (QED) is 0.614. The second-order valence-corrected chi connectivity index (χ2v) is 11.6. The molecule has 2 aliphatic rings. The third-order valence-electron chi connectivity index (χ3n) is 5.78. The molecule has 1 heterocycles. The Kier molecular flexibility index (Phi) is 5.66. The van der Waals surface area contributed by atoms with Gasteiger partial charge in [-0.25, -0.2) is 8.42 Å². The van der Waals surface area contributed by atoms with Crippen molar-refractivity contribution >= 4 is 26.6 Å². The Labute approximate surface area is 184 Å². The van der Waals surface area contributed by atoms with Crippen LogP contribution in [-0.4, -0.2) is 36.2 Å². The molecule has 0 saturated carbocycles. The maximum atomic E-state index is 13.7. The van der Waals surface area contributed by atoms with Crippen molar-refractivity contribution in [3.05, 3.63) is 70.6 Å². The molecular weight excluding hydrogens is 436 g/mol. The highest BCUT2D eigenvalue weighted by molar-refractivity contribution is 7.95. The van der Waals surface area contributed by atoms with Gasteiger partial charge < -0.3 is 9.47 Å². The molecule has 4 rings (SSSR count). The van der Waals surface area contributed by atoms with Gasteiger partial charge in [-0.3, -0.25) is 9.00 Å². The molecule has 0 amide bonds. The van der Waals surface area contributed by atoms with Crippen molar-refractivity contribution in [3.63, 3.8) is 0 Å². The highest BCUT2D eigenvalue weighted by Gasteiger charge is 2.65. The van der Waals surface area contributed by atoms with Gasteiger partial charge in [0.2, 0.25) is 16.1 Å². The first-order valence-corrected chi connectivity index (χ1v) is 12.7. The third kappa shape index (κ3) is 3.56. The molecule has 4 atom stereocenters. The molecule has 1 fully saturated rings. The van der Waals surface area contributed by atoms with Gasteiger partial charge in [-0.1, -0.05) is 41.5 Å². The number of carbonyl (C=O) groups excluding carboxylic acids is 1. The number of ether oxygens (including phenoxy) is 2. The average molecular weight is 461 g/mol. The molecule has 1 aliphatic carbocycles. The Bertz CT molecular complexity index is 1170. The van der Waals surface area contributed by atoms with Gasteiger partial charge in [0.25, 0.3) is 0 Å². The monoisotopic (exact) mass is 460 g/mol. The number of hydrogen-bond acceptors (Lipinski definition) is 6. The molecule has 0 aromatic heterocycles. The topological polar surface area (TPSA) is 86.7 Å². The molecule has 0 radical (unpaired) electrons. The summed E-state index contributed by atoms with van der Waals surface area (Å²) in [5.74, 6) is -1.46. The maximum Gasteiger partial charge on any atom is 0.328 e. The smallest absolute Gasteiger partial charge is 0.328 e. The zero-order chi connectivity index (χ0) is 22.4. The highest BCUT2D eigenvalue weighted by atomic mass is 32.2. The number of aryl methyl sites for hydroxylation is 2. The third-order valence-corrected chi connectivity index (χ3v) is 9.58. The largest absolute Gasteiger partial charge is 0.434 e. The summed E-state index contributed by atoms with van der Waals surface area (Å²) in [5.41, 5.74) is 1.93. The molecule has 0 spiro atoms. The van der Waals surface area contributed by atoms with Crippen LogP contribution in [0.15, 0.2) is 69.3 Å². The summed E-state index contributed by atoms with van der Waals surface area (Å²) in [6, 6.07) is 13.6. The predicted octanol–water partition coefficient (Wildman–Crippen LogP) is 3.45. The Morgan fingerprint density at radius 2 is 1.65 bits per heavy atom. The SMILES string of the molecule is CCO[C@H]1OC(=O)[C@]2([S@@](=O)c3ccc(C)cc3)CC(S(=O)(=O)c3ccc(C)cc3)=C[C@H]12. The number of sulfone groups is 1. The first-order chi connectivity index (χ1) is 14.7. The summed E-state index contributed by atoms with van der Waals surface area (Å²) >= 11 is 0. The molecule has 1 aliphatic heterocycles. The van der Waals surface area contributed by atoms with Crippen molar-refractivity contribution in [2.45, 2.75) is 48.0 Å². The van der Waals surface area contributed by atoms with Gasteiger partial charge in [-0.2, -0.15) is 0 Å². The molecule has 164 valence electrons. The van der Waals surface area contributed by atoms with E-state index in [1.807, 2.05) is 26.0 Å². The lowest BCUT2D eigenvalue weighted by atomic mass is 9.97. The van der Waals surface area contributed by atoms with Crippen molar-refractivity contribution in [2.75, 3.05) is 6.61 Å². The van der Waals surface area contributed by atoms with Crippen LogP contribution in [0.5, 0.6) is 0 Å². The number of fused-ring (bicyclic) bond motifs is 1. The van der Waals surface area contributed by atoms with Gasteiger partial charge in [0, 0.05) is 22.8 Å². The lowest BCUT2D eigenvalue weighted by Gasteiger charge is -2.25. The van der Waals surface area contributed by atoms with Gasteiger partial charge in [-0.05, 0) is 45.0 Å². The van der Waals surface area contributed by atoms with Crippen LogP contribution in [0.1, 0.15) is 24.5 Å². The number of hydrogen-bond donors (Lipinski definition) is 0. The fraction of sp³-hybridized carbons (Fsp3) is 0.348. The van der Waals surface area contributed by atoms with Crippen molar-refractivity contribution in [2.24, 2.45) is 5.92 Å². The molecule has 2 aromatic rings. The number of allylic oxidation sites excluding steroid dienone is 1. The van der Waals surface area contributed by atoms with Crippen LogP contribution in [0.3, 0.4) is 0 Å². The summed E-state index contributed by atoms with van der Waals surface area (Å²) in [7, 11) is -5.69. The zero-order valence-electron chi connectivity index (χ0n) is 17.5. The van der Waals surface area contributed by atoms with E-state index in [-0.39, 0.29) is 22.8 Å². The summed E-state index contributed by atoms with van der Waals surface area (Å²) in [6.45, 7) is 5.81. The minimum atomic E-state index is -3.86. The maximum absolute atomic E-state index is 13.7. The fourth-order valence-corrected chi connectivity index (χ4v) is 7.40. The number of rotatable bonds is 6. The van der Waals surface area contributed by atoms with Crippen molar-refractivity contribution in [3.8, 4) is 0 Å². The lowest BCUT2D eigenvalue weighted by Crippen LogP contribution is -2.43. The summed E-state index contributed by atoms with van der Waals surface area (Å²) in [6.07, 6.45) is 0.334. The molecule has 8 heteroatoms. The van der Waals surface area contributed by atoms with E-state index in [0.717, 1.165) is 11.1 Å². The fourth-order valence-electron chi connectivity index (χ4n) is 4.05. The Morgan fingerprint density at radius 3 is 2.23 bits per heavy atom. The number of carbonyl (C=O) groups is 1. The number of esters is 1. The van der Waals surface area contributed by atoms with Crippen LogP contribution in [0.25, 0.3) is 0 Å². The van der Waals surface area contributed by atoms with E-state index < -0.39 is 43.6 Å². The van der Waals surface area contributed by atoms with Gasteiger partial charge in [-0.15, -0.1) is 0 Å².